The summed E-state index contributed by atoms with van der Waals surface area (Å²) in [6.45, 7) is 4.50. The fourth-order valence-corrected chi connectivity index (χ4v) is 5.72. The first kappa shape index (κ1) is 29.2. The topological polar surface area (TPSA) is 131 Å². The minimum absolute atomic E-state index is 0.245. The van der Waals surface area contributed by atoms with Gasteiger partial charge >= 0.3 is 6.09 Å². The molecule has 216 valence electrons. The summed E-state index contributed by atoms with van der Waals surface area (Å²) in [5, 5.41) is 4.30. The second kappa shape index (κ2) is 10.3. The van der Waals surface area contributed by atoms with Crippen molar-refractivity contribution in [2.24, 2.45) is 0 Å². The largest absolute Gasteiger partial charge is 0.497 e. The summed E-state index contributed by atoms with van der Waals surface area (Å²) in [6, 6.07) is 4.72. The van der Waals surface area contributed by atoms with Gasteiger partial charge in [0, 0.05) is 6.42 Å². The first-order valence-corrected chi connectivity index (χ1v) is 13.8. The third-order valence-corrected chi connectivity index (χ3v) is 7.96. The standard InChI is InChI=1S/C26H28F3N3O7S/c1-25(2,3)39-24(35)30-18-13-40(36,37)20-10-17(27)16(22(33)31-21-11-26(21,28)29)9-19(20)32(23(18)34)12-14-5-7-15(38-4)8-6-14/h5-10,18,21H,11-13H2,1-4H3,(H,30,35)(H,31,33)/t18-,21?/m0/s1. The molecule has 1 unspecified atom stereocenters. The molecule has 1 saturated carbocycles. The Morgan fingerprint density at radius 3 is 2.30 bits per heavy atom. The molecule has 2 aliphatic rings. The van der Waals surface area contributed by atoms with Crippen LogP contribution in [0.2, 0.25) is 0 Å². The Balaban J connectivity index is 1.78. The molecule has 2 aromatic rings. The summed E-state index contributed by atoms with van der Waals surface area (Å²) in [7, 11) is -2.97. The quantitative estimate of drug-likeness (QED) is 0.534. The van der Waals surface area contributed by atoms with E-state index in [1.165, 1.54) is 7.11 Å². The van der Waals surface area contributed by atoms with E-state index in [1.807, 2.05) is 5.32 Å². The van der Waals surface area contributed by atoms with Crippen LogP contribution in [0.5, 0.6) is 5.75 Å². The van der Waals surface area contributed by atoms with E-state index in [2.05, 4.69) is 5.32 Å². The van der Waals surface area contributed by atoms with Crippen molar-refractivity contribution >= 4 is 33.4 Å². The number of methoxy groups -OCH3 is 1. The zero-order valence-corrected chi connectivity index (χ0v) is 22.9. The zero-order chi connectivity index (χ0) is 29.6. The lowest BCUT2D eigenvalue weighted by Crippen LogP contribution is -2.51. The number of anilines is 1. The van der Waals surface area contributed by atoms with E-state index in [-0.39, 0.29) is 12.2 Å². The minimum atomic E-state index is -4.42. The number of fused-ring (bicyclic) bond motifs is 1. The second-order valence-electron chi connectivity index (χ2n) is 10.5. The number of carbonyl (C=O) groups is 3. The molecular formula is C26H28F3N3O7S. The molecule has 40 heavy (non-hydrogen) atoms. The van der Waals surface area contributed by atoms with E-state index < -0.39 is 79.8 Å². The van der Waals surface area contributed by atoms with Crippen LogP contribution < -0.4 is 20.3 Å². The lowest BCUT2D eigenvalue weighted by atomic mass is 10.1. The molecule has 1 aliphatic heterocycles. The molecule has 1 aliphatic carbocycles. The van der Waals surface area contributed by atoms with E-state index in [0.29, 0.717) is 17.4 Å². The van der Waals surface area contributed by atoms with E-state index in [9.17, 15) is 31.6 Å². The normalized spacial score (nSPS) is 21.1. The van der Waals surface area contributed by atoms with Gasteiger partial charge in [0.1, 0.15) is 23.2 Å². The van der Waals surface area contributed by atoms with Gasteiger partial charge in [-0.1, -0.05) is 12.1 Å². The number of hydrogen-bond acceptors (Lipinski definition) is 7. The van der Waals surface area contributed by atoms with Crippen molar-refractivity contribution in [3.05, 3.63) is 53.3 Å². The first-order valence-electron chi connectivity index (χ1n) is 12.2. The number of amides is 3. The molecule has 14 heteroatoms. The van der Waals surface area contributed by atoms with Crippen molar-refractivity contribution in [2.45, 2.75) is 62.2 Å². The van der Waals surface area contributed by atoms with Gasteiger partial charge in [-0.3, -0.25) is 9.59 Å². The molecule has 2 atom stereocenters. The third-order valence-electron chi connectivity index (χ3n) is 6.19. The Labute approximate surface area is 228 Å². The summed E-state index contributed by atoms with van der Waals surface area (Å²) in [5.74, 6) is -6.88. The third kappa shape index (κ3) is 6.32. The van der Waals surface area contributed by atoms with Crippen LogP contribution in [0.4, 0.5) is 23.7 Å². The highest BCUT2D eigenvalue weighted by atomic mass is 32.2. The molecule has 1 fully saturated rings. The van der Waals surface area contributed by atoms with Crippen LogP contribution in [-0.4, -0.2) is 62.8 Å². The molecule has 10 nitrogen and oxygen atoms in total. The van der Waals surface area contributed by atoms with Gasteiger partial charge in [0.15, 0.2) is 9.84 Å². The van der Waals surface area contributed by atoms with Gasteiger partial charge in [-0.05, 0) is 50.6 Å². The number of alkyl halides is 2. The lowest BCUT2D eigenvalue weighted by Gasteiger charge is -2.27. The average Bonchev–Trinajstić information content (AvgIpc) is 3.46. The molecule has 2 N–H and O–H groups in total. The Kier molecular flexibility index (Phi) is 7.52. The number of hydrogen-bond donors (Lipinski definition) is 2. The number of rotatable bonds is 6. The van der Waals surface area contributed by atoms with Crippen molar-refractivity contribution in [3.63, 3.8) is 0 Å². The van der Waals surface area contributed by atoms with Gasteiger partial charge < -0.3 is 25.0 Å². The monoisotopic (exact) mass is 583 g/mol. The van der Waals surface area contributed by atoms with Crippen molar-refractivity contribution in [1.82, 2.24) is 10.6 Å². The number of nitrogens with one attached hydrogen (secondary N) is 2. The summed E-state index contributed by atoms with van der Waals surface area (Å²) >= 11 is 0. The minimum Gasteiger partial charge on any atom is -0.497 e. The highest BCUT2D eigenvalue weighted by Gasteiger charge is 2.58. The van der Waals surface area contributed by atoms with Crippen LogP contribution in [0.1, 0.15) is 43.1 Å². The number of sulfone groups is 1. The molecule has 0 spiro atoms. The molecule has 4 rings (SSSR count). The summed E-state index contributed by atoms with van der Waals surface area (Å²) in [5.41, 5.74) is -1.51. The Hall–Kier alpha value is -3.81. The van der Waals surface area contributed by atoms with E-state index >= 15 is 4.39 Å². The maximum absolute atomic E-state index is 15.1. The highest BCUT2D eigenvalue weighted by molar-refractivity contribution is 7.91. The molecule has 0 radical (unpaired) electrons. The van der Waals surface area contributed by atoms with Gasteiger partial charge in [0.05, 0.1) is 41.6 Å². The lowest BCUT2D eigenvalue weighted by molar-refractivity contribution is -0.120. The van der Waals surface area contributed by atoms with Crippen LogP contribution in [0, 0.1) is 5.82 Å². The molecule has 0 bridgehead atoms. The maximum atomic E-state index is 15.1. The maximum Gasteiger partial charge on any atom is 0.408 e. The second-order valence-corrected chi connectivity index (χ2v) is 12.5. The van der Waals surface area contributed by atoms with E-state index in [4.69, 9.17) is 9.47 Å². The molecule has 0 saturated heterocycles. The number of nitrogens with zero attached hydrogens (tertiary/aromatic N) is 1. The van der Waals surface area contributed by atoms with Gasteiger partial charge in [-0.2, -0.15) is 0 Å². The van der Waals surface area contributed by atoms with Crippen LogP contribution >= 0.6 is 0 Å². The molecular weight excluding hydrogens is 555 g/mol. The van der Waals surface area contributed by atoms with Gasteiger partial charge in [0.2, 0.25) is 0 Å². The van der Waals surface area contributed by atoms with Crippen LogP contribution in [0.3, 0.4) is 0 Å². The molecule has 2 aromatic carbocycles. The Morgan fingerprint density at radius 1 is 1.12 bits per heavy atom. The van der Waals surface area contributed by atoms with Crippen molar-refractivity contribution < 1.29 is 45.4 Å². The predicted octanol–water partition coefficient (Wildman–Crippen LogP) is 3.19. The summed E-state index contributed by atoms with van der Waals surface area (Å²) < 4.78 is 78.8. The molecule has 1 heterocycles. The Bertz CT molecular complexity index is 1460. The van der Waals surface area contributed by atoms with Crippen molar-refractivity contribution in [3.8, 4) is 5.75 Å². The van der Waals surface area contributed by atoms with E-state index in [0.717, 1.165) is 11.0 Å². The fraction of sp³-hybridized carbons (Fsp3) is 0.423. The van der Waals surface area contributed by atoms with Crippen LogP contribution in [0.25, 0.3) is 0 Å². The van der Waals surface area contributed by atoms with Crippen molar-refractivity contribution in [1.29, 1.82) is 0 Å². The highest BCUT2D eigenvalue weighted by Crippen LogP contribution is 2.42. The molecule has 0 aromatic heterocycles. The smallest absolute Gasteiger partial charge is 0.408 e. The van der Waals surface area contributed by atoms with Gasteiger partial charge in [0.25, 0.3) is 17.7 Å². The SMILES string of the molecule is COc1ccc(CN2C(=O)[C@@H](NC(=O)OC(C)(C)C)CS(=O)(=O)c3cc(F)c(C(=O)NC4CC4(F)F)cc32)cc1. The van der Waals surface area contributed by atoms with Gasteiger partial charge in [-0.15, -0.1) is 0 Å². The van der Waals surface area contributed by atoms with Crippen molar-refractivity contribution in [2.75, 3.05) is 17.8 Å². The first-order chi connectivity index (χ1) is 18.5. The van der Waals surface area contributed by atoms with Crippen LogP contribution in [-0.2, 0) is 25.9 Å². The Morgan fingerprint density at radius 2 is 1.75 bits per heavy atom. The number of benzene rings is 2. The number of carbonyl (C=O) groups excluding carboxylic acids is 3. The van der Waals surface area contributed by atoms with E-state index in [1.54, 1.807) is 45.0 Å². The van der Waals surface area contributed by atoms with Crippen LogP contribution in [0.15, 0.2) is 41.3 Å². The summed E-state index contributed by atoms with van der Waals surface area (Å²) in [4.78, 5) is 39.3. The predicted molar refractivity (Wildman–Crippen MR) is 137 cm³/mol. The van der Waals surface area contributed by atoms with Gasteiger partial charge in [-0.25, -0.2) is 26.4 Å². The molecule has 3 amide bonds. The number of ether oxygens (including phenoxy) is 2. The number of alkyl carbamates (subject to hydrolysis) is 1. The number of halogens is 3. The fourth-order valence-electron chi connectivity index (χ4n) is 4.10. The summed E-state index contributed by atoms with van der Waals surface area (Å²) in [6.07, 6.45) is -1.66. The zero-order valence-electron chi connectivity index (χ0n) is 22.1. The average molecular weight is 584 g/mol.